The third kappa shape index (κ3) is 1.14. The number of rotatable bonds is 0. The van der Waals surface area contributed by atoms with Crippen molar-refractivity contribution in [2.24, 2.45) is 11.8 Å². The van der Waals surface area contributed by atoms with Gasteiger partial charge in [-0.25, -0.2) is 0 Å². The molecule has 3 atom stereocenters. The monoisotopic (exact) mass is 263 g/mol. The SMILES string of the molecule is Brc1ccc2c(c1)N1CC3CC3C1CC2. The van der Waals surface area contributed by atoms with Gasteiger partial charge >= 0.3 is 0 Å². The Morgan fingerprint density at radius 3 is 3.20 bits per heavy atom. The number of nitrogens with zero attached hydrogens (tertiary/aromatic N) is 1. The number of hydrogen-bond donors (Lipinski definition) is 0. The maximum absolute atomic E-state index is 3.59. The summed E-state index contributed by atoms with van der Waals surface area (Å²) in [5, 5.41) is 0. The van der Waals surface area contributed by atoms with Gasteiger partial charge in [0.1, 0.15) is 0 Å². The molecule has 15 heavy (non-hydrogen) atoms. The maximum Gasteiger partial charge on any atom is 0.0412 e. The van der Waals surface area contributed by atoms with Gasteiger partial charge in [0.25, 0.3) is 0 Å². The van der Waals surface area contributed by atoms with Crippen molar-refractivity contribution < 1.29 is 0 Å². The van der Waals surface area contributed by atoms with E-state index in [0.717, 1.165) is 17.9 Å². The van der Waals surface area contributed by atoms with Crippen molar-refractivity contribution in [2.75, 3.05) is 11.4 Å². The van der Waals surface area contributed by atoms with Crippen LogP contribution in [0.5, 0.6) is 0 Å². The second-order valence-corrected chi connectivity index (χ2v) is 6.11. The van der Waals surface area contributed by atoms with Crippen molar-refractivity contribution in [3.05, 3.63) is 28.2 Å². The second kappa shape index (κ2) is 2.79. The third-order valence-corrected chi connectivity index (χ3v) is 4.86. The first-order valence-electron chi connectivity index (χ1n) is 5.88. The van der Waals surface area contributed by atoms with Gasteiger partial charge in [0.05, 0.1) is 0 Å². The first-order valence-corrected chi connectivity index (χ1v) is 6.67. The molecule has 1 saturated heterocycles. The molecule has 1 aromatic rings. The van der Waals surface area contributed by atoms with E-state index in [-0.39, 0.29) is 0 Å². The normalized spacial score (nSPS) is 35.8. The van der Waals surface area contributed by atoms with E-state index in [1.165, 1.54) is 36.0 Å². The topological polar surface area (TPSA) is 3.24 Å². The molecule has 2 heterocycles. The molecule has 1 saturated carbocycles. The lowest BCUT2D eigenvalue weighted by Crippen LogP contribution is -2.37. The predicted molar refractivity (Wildman–Crippen MR) is 65.2 cm³/mol. The number of fused-ring (bicyclic) bond motifs is 5. The van der Waals surface area contributed by atoms with E-state index in [9.17, 15) is 0 Å². The van der Waals surface area contributed by atoms with Gasteiger partial charge in [-0.2, -0.15) is 0 Å². The summed E-state index contributed by atoms with van der Waals surface area (Å²) in [4.78, 5) is 2.67. The van der Waals surface area contributed by atoms with Crippen LogP contribution in [0.15, 0.2) is 22.7 Å². The average Bonchev–Trinajstić information content (AvgIpc) is 2.91. The molecule has 0 N–H and O–H groups in total. The van der Waals surface area contributed by atoms with Crippen molar-refractivity contribution in [1.82, 2.24) is 0 Å². The summed E-state index contributed by atoms with van der Waals surface area (Å²) in [7, 11) is 0. The lowest BCUT2D eigenvalue weighted by Gasteiger charge is -2.36. The Hall–Kier alpha value is -0.500. The third-order valence-electron chi connectivity index (χ3n) is 4.37. The van der Waals surface area contributed by atoms with E-state index in [2.05, 4.69) is 39.0 Å². The molecule has 4 rings (SSSR count). The molecule has 3 aliphatic rings. The van der Waals surface area contributed by atoms with Crippen LogP contribution in [0, 0.1) is 11.8 Å². The fraction of sp³-hybridized carbons (Fsp3) is 0.538. The van der Waals surface area contributed by atoms with Crippen LogP contribution in [-0.4, -0.2) is 12.6 Å². The molecule has 2 aliphatic heterocycles. The van der Waals surface area contributed by atoms with E-state index < -0.39 is 0 Å². The van der Waals surface area contributed by atoms with Crippen LogP contribution in [-0.2, 0) is 6.42 Å². The molecule has 0 aromatic heterocycles. The number of aryl methyl sites for hydroxylation is 1. The minimum Gasteiger partial charge on any atom is -0.368 e. The Morgan fingerprint density at radius 2 is 2.27 bits per heavy atom. The van der Waals surface area contributed by atoms with E-state index in [1.807, 2.05) is 0 Å². The van der Waals surface area contributed by atoms with Gasteiger partial charge in [0, 0.05) is 22.7 Å². The fourth-order valence-electron chi connectivity index (χ4n) is 3.54. The molecule has 1 nitrogen and oxygen atoms in total. The van der Waals surface area contributed by atoms with Crippen molar-refractivity contribution in [1.29, 1.82) is 0 Å². The highest BCUT2D eigenvalue weighted by molar-refractivity contribution is 9.10. The van der Waals surface area contributed by atoms with Crippen LogP contribution < -0.4 is 4.90 Å². The molecule has 0 spiro atoms. The molecule has 2 fully saturated rings. The Morgan fingerprint density at radius 1 is 1.33 bits per heavy atom. The highest BCUT2D eigenvalue weighted by atomic mass is 79.9. The van der Waals surface area contributed by atoms with Gasteiger partial charge in [-0.3, -0.25) is 0 Å². The smallest absolute Gasteiger partial charge is 0.0412 e. The van der Waals surface area contributed by atoms with Crippen LogP contribution in [0.3, 0.4) is 0 Å². The molecule has 2 heteroatoms. The Balaban J connectivity index is 1.81. The van der Waals surface area contributed by atoms with Crippen molar-refractivity contribution >= 4 is 21.6 Å². The minimum atomic E-state index is 0.872. The number of hydrogen-bond acceptors (Lipinski definition) is 1. The Bertz CT molecular complexity index is 429. The lowest BCUT2D eigenvalue weighted by molar-refractivity contribution is 0.531. The van der Waals surface area contributed by atoms with Crippen LogP contribution in [0.4, 0.5) is 5.69 Å². The van der Waals surface area contributed by atoms with Crippen molar-refractivity contribution in [3.63, 3.8) is 0 Å². The first-order chi connectivity index (χ1) is 7.33. The minimum absolute atomic E-state index is 0.872. The second-order valence-electron chi connectivity index (χ2n) is 5.19. The summed E-state index contributed by atoms with van der Waals surface area (Å²) in [6, 6.07) is 7.65. The summed E-state index contributed by atoms with van der Waals surface area (Å²) in [6.45, 7) is 1.32. The molecule has 0 amide bonds. The first kappa shape index (κ1) is 8.63. The van der Waals surface area contributed by atoms with Crippen molar-refractivity contribution in [3.8, 4) is 0 Å². The average molecular weight is 264 g/mol. The van der Waals surface area contributed by atoms with Crippen LogP contribution >= 0.6 is 15.9 Å². The molecular weight excluding hydrogens is 250 g/mol. The lowest BCUT2D eigenvalue weighted by atomic mass is 9.95. The van der Waals surface area contributed by atoms with Gasteiger partial charge in [0.15, 0.2) is 0 Å². The number of anilines is 1. The van der Waals surface area contributed by atoms with Crippen molar-refractivity contribution in [2.45, 2.75) is 25.3 Å². The molecular formula is C13H14BrN. The Labute approximate surface area is 98.6 Å². The van der Waals surface area contributed by atoms with Gasteiger partial charge < -0.3 is 4.90 Å². The zero-order valence-electron chi connectivity index (χ0n) is 8.62. The highest BCUT2D eigenvalue weighted by Gasteiger charge is 2.53. The summed E-state index contributed by atoms with van der Waals surface area (Å²) < 4.78 is 1.22. The van der Waals surface area contributed by atoms with Crippen LogP contribution in [0.25, 0.3) is 0 Å². The number of piperidine rings is 1. The van der Waals surface area contributed by atoms with Gasteiger partial charge in [-0.1, -0.05) is 22.0 Å². The van der Waals surface area contributed by atoms with Gasteiger partial charge in [-0.15, -0.1) is 0 Å². The summed E-state index contributed by atoms with van der Waals surface area (Å²) in [5.41, 5.74) is 3.06. The van der Waals surface area contributed by atoms with Crippen LogP contribution in [0.2, 0.25) is 0 Å². The maximum atomic E-state index is 3.59. The van der Waals surface area contributed by atoms with Gasteiger partial charge in [0.2, 0.25) is 0 Å². The molecule has 1 aliphatic carbocycles. The molecule has 0 radical (unpaired) electrons. The molecule has 1 aromatic carbocycles. The summed E-state index contributed by atoms with van der Waals surface area (Å²) >= 11 is 3.59. The summed E-state index contributed by atoms with van der Waals surface area (Å²) in [5.74, 6) is 2.07. The number of halogens is 1. The molecule has 3 unspecified atom stereocenters. The van der Waals surface area contributed by atoms with E-state index in [1.54, 1.807) is 5.56 Å². The van der Waals surface area contributed by atoms with Crippen LogP contribution in [0.1, 0.15) is 18.4 Å². The molecule has 78 valence electrons. The zero-order valence-corrected chi connectivity index (χ0v) is 10.2. The Kier molecular flexibility index (Phi) is 1.60. The summed E-state index contributed by atoms with van der Waals surface area (Å²) in [6.07, 6.45) is 4.17. The van der Waals surface area contributed by atoms with E-state index in [4.69, 9.17) is 0 Å². The zero-order chi connectivity index (χ0) is 9.99. The largest absolute Gasteiger partial charge is 0.368 e. The number of benzene rings is 1. The van der Waals surface area contributed by atoms with E-state index >= 15 is 0 Å². The standard InChI is InChI=1S/C13H14BrN/c14-10-3-1-8-2-4-12-11-5-9(11)7-15(12)13(8)6-10/h1,3,6,9,11-12H,2,4-5,7H2. The predicted octanol–water partition coefficient (Wildman–Crippen LogP) is 3.22. The highest BCUT2D eigenvalue weighted by Crippen LogP contribution is 2.54. The fourth-order valence-corrected chi connectivity index (χ4v) is 3.89. The quantitative estimate of drug-likeness (QED) is 0.695. The molecule has 0 bridgehead atoms. The van der Waals surface area contributed by atoms with E-state index in [0.29, 0.717) is 0 Å². The van der Waals surface area contributed by atoms with Gasteiger partial charge in [-0.05, 0) is 48.8 Å².